The summed E-state index contributed by atoms with van der Waals surface area (Å²) in [4.78, 5) is 12.1. The molecule has 132 valence electrons. The quantitative estimate of drug-likeness (QED) is 0.733. The number of carbonyl (C=O) groups is 1. The van der Waals surface area contributed by atoms with Crippen LogP contribution in [-0.4, -0.2) is 26.2 Å². The monoisotopic (exact) mass is 341 g/mol. The summed E-state index contributed by atoms with van der Waals surface area (Å²) in [6.45, 7) is 4.88. The Hall–Kier alpha value is -2.95. The predicted molar refractivity (Wildman–Crippen MR) is 99.4 cm³/mol. The van der Waals surface area contributed by atoms with E-state index in [-0.39, 0.29) is 5.91 Å². The average molecular weight is 341 g/mol. The lowest BCUT2D eigenvalue weighted by atomic mass is 10.2. The minimum Gasteiger partial charge on any atom is -0.497 e. The van der Waals surface area contributed by atoms with Crippen molar-refractivity contribution in [3.05, 3.63) is 54.1 Å². The van der Waals surface area contributed by atoms with Crippen molar-refractivity contribution in [3.8, 4) is 17.2 Å². The number of nitrogens with one attached hydrogen (secondary N) is 1. The van der Waals surface area contributed by atoms with Crippen LogP contribution >= 0.6 is 0 Å². The van der Waals surface area contributed by atoms with Crippen LogP contribution in [0.3, 0.4) is 0 Å². The molecule has 0 saturated heterocycles. The number of methoxy groups -OCH3 is 1. The molecular weight excluding hydrogens is 318 g/mol. The van der Waals surface area contributed by atoms with Crippen molar-refractivity contribution in [2.75, 3.05) is 25.6 Å². The Kier molecular flexibility index (Phi) is 6.89. The van der Waals surface area contributed by atoms with Crippen molar-refractivity contribution >= 4 is 17.7 Å². The molecule has 25 heavy (non-hydrogen) atoms. The van der Waals surface area contributed by atoms with Crippen LogP contribution in [0, 0.1) is 0 Å². The highest BCUT2D eigenvalue weighted by molar-refractivity contribution is 6.02. The first-order valence-corrected chi connectivity index (χ1v) is 8.19. The molecule has 2 rings (SSSR count). The van der Waals surface area contributed by atoms with Crippen molar-refractivity contribution in [2.45, 2.75) is 13.8 Å². The Balaban J connectivity index is 2.06. The van der Waals surface area contributed by atoms with Gasteiger partial charge in [-0.25, -0.2) is 0 Å². The molecule has 0 spiro atoms. The minimum absolute atomic E-state index is 0.227. The number of amides is 1. The highest BCUT2D eigenvalue weighted by atomic mass is 16.5. The zero-order valence-electron chi connectivity index (χ0n) is 14.7. The molecule has 0 bridgehead atoms. The van der Waals surface area contributed by atoms with Gasteiger partial charge in [-0.15, -0.1) is 0 Å². The van der Waals surface area contributed by atoms with Gasteiger partial charge >= 0.3 is 0 Å². The Bertz CT molecular complexity index is 740. The molecule has 0 aliphatic rings. The minimum atomic E-state index is -0.227. The summed E-state index contributed by atoms with van der Waals surface area (Å²) in [6.07, 6.45) is 3.21. The fraction of sp³-hybridized carbons (Fsp3) is 0.250. The first-order chi connectivity index (χ1) is 12.2. The van der Waals surface area contributed by atoms with Gasteiger partial charge in [0, 0.05) is 17.8 Å². The van der Waals surface area contributed by atoms with Gasteiger partial charge in [-0.2, -0.15) is 0 Å². The van der Waals surface area contributed by atoms with Crippen LogP contribution in [0.5, 0.6) is 17.2 Å². The normalized spacial score (nSPS) is 10.5. The number of hydrogen-bond acceptors (Lipinski definition) is 4. The molecule has 5 nitrogen and oxygen atoms in total. The Labute approximate surface area is 148 Å². The molecule has 0 saturated carbocycles. The number of benzene rings is 2. The van der Waals surface area contributed by atoms with E-state index in [9.17, 15) is 4.79 Å². The summed E-state index contributed by atoms with van der Waals surface area (Å²) in [5.41, 5.74) is 1.53. The van der Waals surface area contributed by atoms with Gasteiger partial charge in [0.2, 0.25) is 5.91 Å². The van der Waals surface area contributed by atoms with E-state index in [0.717, 1.165) is 11.3 Å². The molecular formula is C20H23NO4. The zero-order chi connectivity index (χ0) is 18.1. The molecule has 1 amide bonds. The van der Waals surface area contributed by atoms with E-state index in [4.69, 9.17) is 14.2 Å². The summed E-state index contributed by atoms with van der Waals surface area (Å²) in [5, 5.41) is 2.82. The van der Waals surface area contributed by atoms with Gasteiger partial charge in [0.05, 0.1) is 20.3 Å². The zero-order valence-corrected chi connectivity index (χ0v) is 14.7. The highest BCUT2D eigenvalue weighted by Gasteiger charge is 2.07. The Morgan fingerprint density at radius 1 is 1.04 bits per heavy atom. The smallest absolute Gasteiger partial charge is 0.248 e. The van der Waals surface area contributed by atoms with Gasteiger partial charge in [0.1, 0.15) is 5.75 Å². The molecule has 2 aromatic rings. The van der Waals surface area contributed by atoms with Crippen LogP contribution in [0.25, 0.3) is 6.08 Å². The Morgan fingerprint density at radius 2 is 1.80 bits per heavy atom. The van der Waals surface area contributed by atoms with Gasteiger partial charge in [-0.05, 0) is 49.8 Å². The van der Waals surface area contributed by atoms with Crippen molar-refractivity contribution in [1.29, 1.82) is 0 Å². The van der Waals surface area contributed by atoms with Crippen LogP contribution in [0.4, 0.5) is 5.69 Å². The molecule has 5 heteroatoms. The van der Waals surface area contributed by atoms with Gasteiger partial charge in [0.15, 0.2) is 11.5 Å². The van der Waals surface area contributed by atoms with Crippen molar-refractivity contribution in [3.63, 3.8) is 0 Å². The molecule has 0 atom stereocenters. The molecule has 0 aliphatic carbocycles. The van der Waals surface area contributed by atoms with E-state index < -0.39 is 0 Å². The van der Waals surface area contributed by atoms with Crippen LogP contribution < -0.4 is 19.5 Å². The predicted octanol–water partition coefficient (Wildman–Crippen LogP) is 4.14. The molecule has 0 aliphatic heterocycles. The lowest BCUT2D eigenvalue weighted by Gasteiger charge is -2.12. The summed E-state index contributed by atoms with van der Waals surface area (Å²) < 4.78 is 16.2. The molecule has 0 fully saturated rings. The molecule has 0 unspecified atom stereocenters. The van der Waals surface area contributed by atoms with E-state index in [1.54, 1.807) is 31.4 Å². The number of ether oxygens (including phenoxy) is 3. The van der Waals surface area contributed by atoms with Gasteiger partial charge in [-0.1, -0.05) is 12.1 Å². The van der Waals surface area contributed by atoms with Crippen LogP contribution in [0.1, 0.15) is 19.4 Å². The number of anilines is 1. The van der Waals surface area contributed by atoms with Crippen LogP contribution in [0.15, 0.2) is 48.5 Å². The van der Waals surface area contributed by atoms with Gasteiger partial charge in [-0.3, -0.25) is 4.79 Å². The lowest BCUT2D eigenvalue weighted by Crippen LogP contribution is -2.08. The maximum absolute atomic E-state index is 12.1. The third-order valence-electron chi connectivity index (χ3n) is 3.33. The van der Waals surface area contributed by atoms with E-state index in [0.29, 0.717) is 30.4 Å². The van der Waals surface area contributed by atoms with Crippen molar-refractivity contribution in [1.82, 2.24) is 0 Å². The summed E-state index contributed by atoms with van der Waals surface area (Å²) in [5.74, 6) is 1.79. The summed E-state index contributed by atoms with van der Waals surface area (Å²) >= 11 is 0. The van der Waals surface area contributed by atoms with Crippen LogP contribution in [0.2, 0.25) is 0 Å². The standard InChI is InChI=1S/C20H23NO4/c1-4-24-18-11-10-16(14-19(18)25-5-2)21-20(22)12-9-15-7-6-8-17(13-15)23-3/h6-14H,4-5H2,1-3H3,(H,21,22)/b12-9+. The lowest BCUT2D eigenvalue weighted by molar-refractivity contribution is -0.111. The molecule has 1 N–H and O–H groups in total. The first-order valence-electron chi connectivity index (χ1n) is 8.19. The number of rotatable bonds is 8. The topological polar surface area (TPSA) is 56.8 Å². The van der Waals surface area contributed by atoms with E-state index in [1.807, 2.05) is 38.1 Å². The second-order valence-corrected chi connectivity index (χ2v) is 5.13. The van der Waals surface area contributed by atoms with Crippen molar-refractivity contribution in [2.24, 2.45) is 0 Å². The molecule has 0 heterocycles. The third-order valence-corrected chi connectivity index (χ3v) is 3.33. The third kappa shape index (κ3) is 5.57. The second-order valence-electron chi connectivity index (χ2n) is 5.13. The average Bonchev–Trinajstić information content (AvgIpc) is 2.63. The fourth-order valence-corrected chi connectivity index (χ4v) is 2.23. The van der Waals surface area contributed by atoms with Gasteiger partial charge in [0.25, 0.3) is 0 Å². The first kappa shape index (κ1) is 18.4. The molecule has 0 aromatic heterocycles. The second kappa shape index (κ2) is 9.37. The van der Waals surface area contributed by atoms with Gasteiger partial charge < -0.3 is 19.5 Å². The van der Waals surface area contributed by atoms with E-state index >= 15 is 0 Å². The number of carbonyl (C=O) groups excluding carboxylic acids is 1. The Morgan fingerprint density at radius 3 is 2.52 bits per heavy atom. The molecule has 2 aromatic carbocycles. The van der Waals surface area contributed by atoms with Crippen LogP contribution in [-0.2, 0) is 4.79 Å². The maximum Gasteiger partial charge on any atom is 0.248 e. The van der Waals surface area contributed by atoms with Crippen molar-refractivity contribution < 1.29 is 19.0 Å². The largest absolute Gasteiger partial charge is 0.497 e. The molecule has 0 radical (unpaired) electrons. The fourth-order valence-electron chi connectivity index (χ4n) is 2.23. The van der Waals surface area contributed by atoms with E-state index in [1.165, 1.54) is 6.08 Å². The summed E-state index contributed by atoms with van der Waals surface area (Å²) in [7, 11) is 1.61. The van der Waals surface area contributed by atoms with E-state index in [2.05, 4.69) is 5.32 Å². The maximum atomic E-state index is 12.1. The number of hydrogen-bond donors (Lipinski definition) is 1. The SMILES string of the molecule is CCOc1ccc(NC(=O)/C=C/c2cccc(OC)c2)cc1OCC. The highest BCUT2D eigenvalue weighted by Crippen LogP contribution is 2.30. The summed E-state index contributed by atoms with van der Waals surface area (Å²) in [6, 6.07) is 12.8.